The van der Waals surface area contributed by atoms with Crippen LogP contribution < -0.4 is 0 Å². The molecule has 0 radical (unpaired) electrons. The van der Waals surface area contributed by atoms with Crippen LogP contribution in [-0.2, 0) is 31.9 Å². The standard InChI is InChI=1S/C23H28NO4P/c1-24-16-22(21-11-7-8-12-23(21)24)19(14-13-18-9-5-4-6-10-18)15-20(25)17-29(26,27-2)28-3/h4-12,16,19H,13-15,17H2,1-3H3. The molecule has 0 N–H and O–H groups in total. The molecule has 3 rings (SSSR count). The molecule has 0 aliphatic heterocycles. The molecule has 6 heteroatoms. The molecule has 3 aromatic rings. The third-order valence-corrected chi connectivity index (χ3v) is 7.25. The molecule has 29 heavy (non-hydrogen) atoms. The molecule has 1 heterocycles. The summed E-state index contributed by atoms with van der Waals surface area (Å²) >= 11 is 0. The van der Waals surface area contributed by atoms with Crippen LogP contribution in [0.25, 0.3) is 10.9 Å². The van der Waals surface area contributed by atoms with E-state index in [0.717, 1.165) is 29.3 Å². The van der Waals surface area contributed by atoms with Crippen LogP contribution in [0.5, 0.6) is 0 Å². The van der Waals surface area contributed by atoms with E-state index < -0.39 is 7.60 Å². The number of rotatable bonds is 10. The number of ketones is 1. The highest BCUT2D eigenvalue weighted by molar-refractivity contribution is 7.54. The number of carbonyl (C=O) groups excluding carboxylic acids is 1. The number of hydrogen-bond acceptors (Lipinski definition) is 4. The number of hydrogen-bond donors (Lipinski definition) is 0. The molecule has 0 aliphatic rings. The van der Waals surface area contributed by atoms with Gasteiger partial charge in [0.25, 0.3) is 0 Å². The van der Waals surface area contributed by atoms with E-state index in [2.05, 4.69) is 35.0 Å². The fraction of sp³-hybridized carbons (Fsp3) is 0.348. The predicted molar refractivity (Wildman–Crippen MR) is 117 cm³/mol. The van der Waals surface area contributed by atoms with Crippen molar-refractivity contribution in [2.75, 3.05) is 20.4 Å². The molecule has 0 spiro atoms. The van der Waals surface area contributed by atoms with E-state index in [-0.39, 0.29) is 17.9 Å². The molecule has 0 saturated heterocycles. The lowest BCUT2D eigenvalue weighted by atomic mass is 9.88. The first-order chi connectivity index (χ1) is 14.0. The van der Waals surface area contributed by atoms with E-state index in [9.17, 15) is 9.36 Å². The lowest BCUT2D eigenvalue weighted by molar-refractivity contribution is -0.117. The summed E-state index contributed by atoms with van der Waals surface area (Å²) in [5, 5.41) is 1.16. The number of aromatic nitrogens is 1. The van der Waals surface area contributed by atoms with Crippen LogP contribution >= 0.6 is 7.60 Å². The minimum atomic E-state index is -3.36. The fourth-order valence-corrected chi connectivity index (χ4v) is 4.78. The summed E-state index contributed by atoms with van der Waals surface area (Å²) in [5.74, 6) is -0.0843. The molecule has 1 aromatic heterocycles. The highest BCUT2D eigenvalue weighted by Gasteiger charge is 2.28. The average Bonchev–Trinajstić information content (AvgIpc) is 3.08. The smallest absolute Gasteiger partial charge is 0.337 e. The van der Waals surface area contributed by atoms with Gasteiger partial charge >= 0.3 is 7.60 Å². The summed E-state index contributed by atoms with van der Waals surface area (Å²) in [6, 6.07) is 18.5. The van der Waals surface area contributed by atoms with Crippen molar-refractivity contribution in [3.05, 3.63) is 71.9 Å². The maximum absolute atomic E-state index is 12.8. The third-order valence-electron chi connectivity index (χ3n) is 5.39. The second-order valence-electron chi connectivity index (χ2n) is 7.31. The first kappa shape index (κ1) is 21.5. The van der Waals surface area contributed by atoms with Crippen molar-refractivity contribution in [2.45, 2.75) is 25.2 Å². The number of fused-ring (bicyclic) bond motifs is 1. The zero-order chi connectivity index (χ0) is 20.9. The zero-order valence-electron chi connectivity index (χ0n) is 17.2. The largest absolute Gasteiger partial charge is 0.350 e. The summed E-state index contributed by atoms with van der Waals surface area (Å²) in [6.45, 7) is 0. The van der Waals surface area contributed by atoms with E-state index in [1.165, 1.54) is 19.8 Å². The Morgan fingerprint density at radius 1 is 1.03 bits per heavy atom. The van der Waals surface area contributed by atoms with Crippen molar-refractivity contribution < 1.29 is 18.4 Å². The van der Waals surface area contributed by atoms with Crippen molar-refractivity contribution in [1.82, 2.24) is 4.57 Å². The Balaban J connectivity index is 1.87. The van der Waals surface area contributed by atoms with Crippen LogP contribution in [0.15, 0.2) is 60.8 Å². The minimum Gasteiger partial charge on any atom is -0.350 e. The maximum Gasteiger partial charge on any atom is 0.337 e. The van der Waals surface area contributed by atoms with Crippen LogP contribution in [0.1, 0.15) is 29.9 Å². The van der Waals surface area contributed by atoms with Crippen LogP contribution in [0.4, 0.5) is 0 Å². The second kappa shape index (κ2) is 9.53. The van der Waals surface area contributed by atoms with E-state index in [1.54, 1.807) is 0 Å². The van der Waals surface area contributed by atoms with Crippen molar-refractivity contribution in [2.24, 2.45) is 7.05 Å². The van der Waals surface area contributed by atoms with Gasteiger partial charge in [-0.25, -0.2) is 0 Å². The van der Waals surface area contributed by atoms with Crippen LogP contribution in [-0.4, -0.2) is 30.7 Å². The number of nitrogens with zero attached hydrogens (tertiary/aromatic N) is 1. The van der Waals surface area contributed by atoms with E-state index in [4.69, 9.17) is 9.05 Å². The van der Waals surface area contributed by atoms with Crippen LogP contribution in [0.2, 0.25) is 0 Å². The fourth-order valence-electron chi connectivity index (χ4n) is 3.81. The highest BCUT2D eigenvalue weighted by atomic mass is 31.2. The van der Waals surface area contributed by atoms with Gasteiger partial charge in [0.15, 0.2) is 0 Å². The molecular formula is C23H28NO4P. The number of aryl methyl sites for hydroxylation is 2. The monoisotopic (exact) mass is 413 g/mol. The summed E-state index contributed by atoms with van der Waals surface area (Å²) in [5.41, 5.74) is 3.53. The van der Waals surface area contributed by atoms with Gasteiger partial charge in [-0.3, -0.25) is 9.36 Å². The summed E-state index contributed by atoms with van der Waals surface area (Å²) in [4.78, 5) is 12.8. The second-order valence-corrected chi connectivity index (χ2v) is 9.58. The Bertz CT molecular complexity index is 1000. The van der Waals surface area contributed by atoms with Crippen molar-refractivity contribution in [1.29, 1.82) is 0 Å². The molecule has 0 saturated carbocycles. The molecule has 2 aromatic carbocycles. The molecule has 0 aliphatic carbocycles. The van der Waals surface area contributed by atoms with Crippen LogP contribution in [0, 0.1) is 0 Å². The van der Waals surface area contributed by atoms with Gasteiger partial charge in [-0.1, -0.05) is 48.5 Å². The van der Waals surface area contributed by atoms with Gasteiger partial charge in [0, 0.05) is 44.8 Å². The van der Waals surface area contributed by atoms with E-state index >= 15 is 0 Å². The van der Waals surface area contributed by atoms with E-state index in [0.29, 0.717) is 6.42 Å². The molecular weight excluding hydrogens is 385 g/mol. The third kappa shape index (κ3) is 5.24. The Hall–Kier alpha value is -2.20. The zero-order valence-corrected chi connectivity index (χ0v) is 18.1. The van der Waals surface area contributed by atoms with E-state index in [1.807, 2.05) is 37.4 Å². The molecule has 1 unspecified atom stereocenters. The van der Waals surface area contributed by atoms with Gasteiger partial charge in [0.05, 0.1) is 0 Å². The summed E-state index contributed by atoms with van der Waals surface area (Å²) in [7, 11) is 1.29. The summed E-state index contributed by atoms with van der Waals surface area (Å²) in [6.07, 6.45) is 3.91. The molecule has 154 valence electrons. The average molecular weight is 413 g/mol. The normalized spacial score (nSPS) is 12.9. The van der Waals surface area contributed by atoms with Gasteiger partial charge in [-0.2, -0.15) is 0 Å². The lowest BCUT2D eigenvalue weighted by Crippen LogP contribution is -2.13. The topological polar surface area (TPSA) is 57.5 Å². The molecule has 0 amide bonds. The maximum atomic E-state index is 12.8. The SMILES string of the molecule is COP(=O)(CC(=O)CC(CCc1ccccc1)c1cn(C)c2ccccc12)OC. The Labute approximate surface area is 172 Å². The molecule has 1 atom stereocenters. The first-order valence-corrected chi connectivity index (χ1v) is 11.5. The Morgan fingerprint density at radius 3 is 2.38 bits per heavy atom. The van der Waals surface area contributed by atoms with Crippen molar-refractivity contribution in [3.63, 3.8) is 0 Å². The predicted octanol–water partition coefficient (Wildman–Crippen LogP) is 5.34. The minimum absolute atomic E-state index is 0.0240. The quantitative estimate of drug-likeness (QED) is 0.421. The number of benzene rings is 2. The van der Waals surface area contributed by atoms with Gasteiger partial charge < -0.3 is 13.6 Å². The number of carbonyl (C=O) groups is 1. The molecule has 0 fully saturated rings. The van der Waals surface area contributed by atoms with Crippen molar-refractivity contribution in [3.8, 4) is 0 Å². The van der Waals surface area contributed by atoms with Crippen molar-refractivity contribution >= 4 is 24.3 Å². The van der Waals surface area contributed by atoms with Crippen LogP contribution in [0.3, 0.4) is 0 Å². The molecule has 5 nitrogen and oxygen atoms in total. The van der Waals surface area contributed by atoms with Gasteiger partial charge in [0.1, 0.15) is 11.9 Å². The lowest BCUT2D eigenvalue weighted by Gasteiger charge is -2.18. The Morgan fingerprint density at radius 2 is 1.69 bits per heavy atom. The number of para-hydroxylation sites is 1. The molecule has 0 bridgehead atoms. The number of Topliss-reactive ketones (excluding diaryl/α,β-unsaturated/α-hetero) is 1. The van der Waals surface area contributed by atoms with Gasteiger partial charge in [-0.15, -0.1) is 0 Å². The van der Waals surface area contributed by atoms with Gasteiger partial charge in [-0.05, 0) is 36.0 Å². The van der Waals surface area contributed by atoms with Gasteiger partial charge in [0.2, 0.25) is 0 Å². The first-order valence-electron chi connectivity index (χ1n) is 9.76. The Kier molecular flexibility index (Phi) is 7.07. The summed E-state index contributed by atoms with van der Waals surface area (Å²) < 4.78 is 24.4. The highest BCUT2D eigenvalue weighted by Crippen LogP contribution is 2.47.